The smallest absolute Gasteiger partial charge is 0.337 e. The van der Waals surface area contributed by atoms with E-state index >= 15 is 0 Å². The summed E-state index contributed by atoms with van der Waals surface area (Å²) in [4.78, 5) is 35.8. The quantitative estimate of drug-likeness (QED) is 0.281. The van der Waals surface area contributed by atoms with E-state index in [0.29, 0.717) is 34.0 Å². The Balaban J connectivity index is 1.44. The molecule has 0 spiro atoms. The molecule has 1 aliphatic carbocycles. The van der Waals surface area contributed by atoms with Crippen LogP contribution in [0.3, 0.4) is 0 Å². The second kappa shape index (κ2) is 10.4. The van der Waals surface area contributed by atoms with Crippen LogP contribution < -0.4 is 10.7 Å². The van der Waals surface area contributed by atoms with Crippen molar-refractivity contribution < 1.29 is 9.05 Å². The minimum Gasteiger partial charge on any atom is -0.337 e. The van der Waals surface area contributed by atoms with Gasteiger partial charge in [-0.2, -0.15) is 4.98 Å². The molecule has 2 fully saturated rings. The first-order valence-corrected chi connectivity index (χ1v) is 14.5. The summed E-state index contributed by atoms with van der Waals surface area (Å²) in [6, 6.07) is 3.61. The van der Waals surface area contributed by atoms with Gasteiger partial charge in [0.1, 0.15) is 11.7 Å². The van der Waals surface area contributed by atoms with Crippen molar-refractivity contribution in [1.82, 2.24) is 39.8 Å². The van der Waals surface area contributed by atoms with Gasteiger partial charge in [0.15, 0.2) is 5.82 Å². The Labute approximate surface area is 240 Å². The number of H-pyrrole nitrogens is 1. The molecule has 5 aromatic rings. The van der Waals surface area contributed by atoms with Crippen molar-refractivity contribution in [3.63, 3.8) is 0 Å². The molecular weight excluding hydrogens is 546 g/mol. The topological polar surface area (TPSA) is 145 Å². The number of aryl methyl sites for hydroxylation is 1. The van der Waals surface area contributed by atoms with Crippen molar-refractivity contribution in [3.05, 3.63) is 51.8 Å². The van der Waals surface area contributed by atoms with E-state index in [2.05, 4.69) is 41.7 Å². The fraction of sp³-hybridized carbons (Fsp3) is 0.464. The number of aromatic amines is 1. The third kappa shape index (κ3) is 4.90. The number of rotatable bonds is 6. The van der Waals surface area contributed by atoms with Gasteiger partial charge in [0.05, 0.1) is 21.7 Å². The zero-order chi connectivity index (χ0) is 28.1. The number of anilines is 1. The van der Waals surface area contributed by atoms with Gasteiger partial charge in [0.25, 0.3) is 0 Å². The van der Waals surface area contributed by atoms with E-state index in [1.165, 1.54) is 12.8 Å². The lowest BCUT2D eigenvalue weighted by atomic mass is 9.83. The molecule has 0 bridgehead atoms. The van der Waals surface area contributed by atoms with Gasteiger partial charge in [-0.3, -0.25) is 14.5 Å². The fourth-order valence-corrected chi connectivity index (χ4v) is 6.40. The highest BCUT2D eigenvalue weighted by molar-refractivity contribution is 6.30. The molecule has 5 aromatic heterocycles. The van der Waals surface area contributed by atoms with Gasteiger partial charge in [0, 0.05) is 31.0 Å². The Morgan fingerprint density at radius 3 is 2.63 bits per heavy atom. The van der Waals surface area contributed by atoms with Crippen LogP contribution in [0.4, 0.5) is 5.95 Å². The molecule has 1 unspecified atom stereocenters. The number of halogens is 1. The summed E-state index contributed by atoms with van der Waals surface area (Å²) < 4.78 is 12.7. The van der Waals surface area contributed by atoms with E-state index in [0.717, 1.165) is 67.2 Å². The van der Waals surface area contributed by atoms with Gasteiger partial charge >= 0.3 is 5.76 Å². The molecular formula is C28H30ClN9O3. The lowest BCUT2D eigenvalue weighted by Crippen LogP contribution is -2.28. The van der Waals surface area contributed by atoms with Crippen LogP contribution in [0.2, 0.25) is 5.02 Å². The Hall–Kier alpha value is -4.06. The maximum Gasteiger partial charge on any atom is 0.439 e. The minimum atomic E-state index is -0.652. The lowest BCUT2D eigenvalue weighted by molar-refractivity contribution is 0.266. The Kier molecular flexibility index (Phi) is 6.57. The highest BCUT2D eigenvalue weighted by Crippen LogP contribution is 2.41. The van der Waals surface area contributed by atoms with E-state index in [-0.39, 0.29) is 11.9 Å². The third-order valence-corrected chi connectivity index (χ3v) is 8.49. The van der Waals surface area contributed by atoms with E-state index in [1.54, 1.807) is 12.4 Å². The monoisotopic (exact) mass is 575 g/mol. The summed E-state index contributed by atoms with van der Waals surface area (Å²) in [7, 11) is 0. The van der Waals surface area contributed by atoms with Crippen molar-refractivity contribution in [2.75, 3.05) is 11.4 Å². The summed E-state index contributed by atoms with van der Waals surface area (Å²) in [6.45, 7) is 5.77. The van der Waals surface area contributed by atoms with Gasteiger partial charge in [-0.25, -0.2) is 14.8 Å². The predicted octanol–water partition coefficient (Wildman–Crippen LogP) is 5.35. The van der Waals surface area contributed by atoms with Gasteiger partial charge < -0.3 is 14.0 Å². The maximum atomic E-state index is 11.8. The van der Waals surface area contributed by atoms with Crippen molar-refractivity contribution in [2.45, 2.75) is 65.0 Å². The number of nitrogens with zero attached hydrogens (tertiary/aromatic N) is 8. The second-order valence-electron chi connectivity index (χ2n) is 11.2. The number of imidazole rings is 1. The molecule has 1 aliphatic heterocycles. The lowest BCUT2D eigenvalue weighted by Gasteiger charge is -2.29. The van der Waals surface area contributed by atoms with Crippen molar-refractivity contribution >= 4 is 28.6 Å². The zero-order valence-electron chi connectivity index (χ0n) is 22.9. The zero-order valence-corrected chi connectivity index (χ0v) is 23.6. The van der Waals surface area contributed by atoms with Gasteiger partial charge in [-0.15, -0.1) is 0 Å². The Bertz CT molecular complexity index is 1760. The summed E-state index contributed by atoms with van der Waals surface area (Å²) in [5.41, 5.74) is 3.44. The molecule has 41 heavy (non-hydrogen) atoms. The number of aromatic nitrogens is 8. The van der Waals surface area contributed by atoms with E-state index in [9.17, 15) is 4.79 Å². The molecule has 2 aliphatic rings. The standard InChI is InChI=1S/C28H30ClN9O3/c1-15-5-7-17(8-6-15)14-38-24-20(33-27(38)37-9-3-4-22(37)26-31-16(2)35-40-26)11-21(25-34-28(39)41-36-25)32-23(24)18-10-19(29)13-30-12-18/h10-13,15,17,22H,3-9,14H2,1-2H3,(H,34,36,39). The average Bonchev–Trinajstić information content (AvgIpc) is 3.76. The normalized spacial score (nSPS) is 21.2. The largest absolute Gasteiger partial charge is 0.439 e. The van der Waals surface area contributed by atoms with Crippen LogP contribution >= 0.6 is 11.6 Å². The van der Waals surface area contributed by atoms with Gasteiger partial charge in [-0.1, -0.05) is 41.7 Å². The van der Waals surface area contributed by atoms with Crippen LogP contribution in [0.15, 0.2) is 38.4 Å². The molecule has 12 nitrogen and oxygen atoms in total. The molecule has 13 heteroatoms. The third-order valence-electron chi connectivity index (χ3n) is 8.28. The molecule has 0 aromatic carbocycles. The Morgan fingerprint density at radius 2 is 1.90 bits per heavy atom. The van der Waals surface area contributed by atoms with Crippen LogP contribution in [0, 0.1) is 18.8 Å². The number of hydrogen-bond acceptors (Lipinski definition) is 10. The average molecular weight is 576 g/mol. The first-order chi connectivity index (χ1) is 19.9. The molecule has 212 valence electrons. The molecule has 1 saturated heterocycles. The maximum absolute atomic E-state index is 11.8. The van der Waals surface area contributed by atoms with E-state index in [4.69, 9.17) is 30.6 Å². The first kappa shape index (κ1) is 25.9. The highest BCUT2D eigenvalue weighted by atomic mass is 35.5. The molecule has 1 N–H and O–H groups in total. The predicted molar refractivity (Wildman–Crippen MR) is 151 cm³/mol. The molecule has 1 saturated carbocycles. The van der Waals surface area contributed by atoms with Crippen LogP contribution in [0.5, 0.6) is 0 Å². The highest BCUT2D eigenvalue weighted by Gasteiger charge is 2.35. The number of hydrogen-bond donors (Lipinski definition) is 1. The second-order valence-corrected chi connectivity index (χ2v) is 11.7. The first-order valence-electron chi connectivity index (χ1n) is 14.1. The SMILES string of the molecule is Cc1noc(C2CCCN2c2nc3cc(-c4noc(=O)[nH]4)nc(-c4cncc(Cl)c4)c3n2CC2CCC(C)CC2)n1. The summed E-state index contributed by atoms with van der Waals surface area (Å²) in [5, 5.41) is 8.43. The number of pyridine rings is 2. The molecule has 7 rings (SSSR count). The fourth-order valence-electron chi connectivity index (χ4n) is 6.22. The van der Waals surface area contributed by atoms with Crippen molar-refractivity contribution in [2.24, 2.45) is 11.8 Å². The summed E-state index contributed by atoms with van der Waals surface area (Å²) in [6.07, 6.45) is 9.95. The summed E-state index contributed by atoms with van der Waals surface area (Å²) >= 11 is 6.39. The van der Waals surface area contributed by atoms with E-state index < -0.39 is 5.76 Å². The van der Waals surface area contributed by atoms with Crippen LogP contribution in [0.25, 0.3) is 33.8 Å². The van der Waals surface area contributed by atoms with Crippen LogP contribution in [0.1, 0.15) is 63.2 Å². The van der Waals surface area contributed by atoms with Crippen molar-refractivity contribution in [1.29, 1.82) is 0 Å². The molecule has 0 amide bonds. The summed E-state index contributed by atoms with van der Waals surface area (Å²) in [5.74, 6) is 2.88. The molecule has 6 heterocycles. The van der Waals surface area contributed by atoms with Crippen LogP contribution in [-0.2, 0) is 6.54 Å². The molecule has 0 radical (unpaired) electrons. The Morgan fingerprint density at radius 1 is 1.05 bits per heavy atom. The number of nitrogens with one attached hydrogen (secondary N) is 1. The minimum absolute atomic E-state index is 0.0752. The van der Waals surface area contributed by atoms with Gasteiger partial charge in [-0.05, 0) is 56.6 Å². The van der Waals surface area contributed by atoms with Crippen molar-refractivity contribution in [3.8, 4) is 22.8 Å². The van der Waals surface area contributed by atoms with Crippen LogP contribution in [-0.4, -0.2) is 46.3 Å². The van der Waals surface area contributed by atoms with Gasteiger partial charge in [0.2, 0.25) is 17.7 Å². The molecule has 1 atom stereocenters. The number of fused-ring (bicyclic) bond motifs is 1. The van der Waals surface area contributed by atoms with E-state index in [1.807, 2.05) is 19.1 Å².